The molecule has 7 heteroatoms. The maximum absolute atomic E-state index is 13.4. The van der Waals surface area contributed by atoms with Crippen LogP contribution >= 0.6 is 11.6 Å². The molecule has 0 aromatic heterocycles. The molecule has 0 radical (unpaired) electrons. The van der Waals surface area contributed by atoms with E-state index in [-0.39, 0.29) is 11.8 Å². The molecule has 2 amide bonds. The van der Waals surface area contributed by atoms with E-state index in [0.29, 0.717) is 42.1 Å². The van der Waals surface area contributed by atoms with Crippen LogP contribution in [-0.4, -0.2) is 35.5 Å². The summed E-state index contributed by atoms with van der Waals surface area (Å²) in [5.41, 5.74) is 1.00. The molecule has 1 fully saturated rings. The lowest BCUT2D eigenvalue weighted by molar-refractivity contribution is 0.0639. The molecule has 0 bridgehead atoms. The number of amides is 2. The molecule has 2 N–H and O–H groups in total. The van der Waals surface area contributed by atoms with Gasteiger partial charge in [0.1, 0.15) is 11.5 Å². The predicted molar refractivity (Wildman–Crippen MR) is 96.8 cm³/mol. The first-order valence-corrected chi connectivity index (χ1v) is 8.79. The molecular weight excluding hydrogens is 357 g/mol. The molecule has 4 rings (SSSR count). The Bertz CT molecular complexity index is 894. The van der Waals surface area contributed by atoms with Crippen molar-refractivity contribution in [3.63, 3.8) is 0 Å². The van der Waals surface area contributed by atoms with Crippen molar-refractivity contribution >= 4 is 29.1 Å². The number of anilines is 1. The van der Waals surface area contributed by atoms with Crippen LogP contribution in [0, 0.1) is 5.82 Å². The van der Waals surface area contributed by atoms with Crippen LogP contribution < -0.4 is 10.6 Å². The molecule has 0 atom stereocenters. The number of likely N-dealkylation sites (tertiary alicyclic amines) is 1. The van der Waals surface area contributed by atoms with E-state index in [4.69, 9.17) is 11.6 Å². The number of hydrogen-bond acceptors (Lipinski definition) is 3. The van der Waals surface area contributed by atoms with Crippen molar-refractivity contribution in [2.24, 2.45) is 0 Å². The highest BCUT2D eigenvalue weighted by Gasteiger charge is 2.41. The molecule has 26 heavy (non-hydrogen) atoms. The van der Waals surface area contributed by atoms with Gasteiger partial charge in [0.2, 0.25) is 0 Å². The molecule has 134 valence electrons. The number of carbonyl (C=O) groups excluding carboxylic acids is 2. The van der Waals surface area contributed by atoms with Crippen LogP contribution in [0.3, 0.4) is 0 Å². The van der Waals surface area contributed by atoms with Crippen molar-refractivity contribution in [1.82, 2.24) is 10.2 Å². The lowest BCUT2D eigenvalue weighted by atomic mass is 9.92. The summed E-state index contributed by atoms with van der Waals surface area (Å²) < 4.78 is 13.4. The maximum atomic E-state index is 13.4. The number of halogens is 2. The molecule has 2 aromatic rings. The van der Waals surface area contributed by atoms with Crippen molar-refractivity contribution in [3.8, 4) is 0 Å². The van der Waals surface area contributed by atoms with Gasteiger partial charge in [0.25, 0.3) is 11.8 Å². The summed E-state index contributed by atoms with van der Waals surface area (Å²) in [4.78, 5) is 26.7. The molecule has 2 aliphatic heterocycles. The quantitative estimate of drug-likeness (QED) is 0.806. The summed E-state index contributed by atoms with van der Waals surface area (Å²) in [6.07, 6.45) is 1.11. The number of nitrogens with one attached hydrogen (secondary N) is 2. The van der Waals surface area contributed by atoms with Crippen molar-refractivity contribution in [2.75, 3.05) is 18.4 Å². The Morgan fingerprint density at radius 3 is 2.62 bits per heavy atom. The number of hydrogen-bond donors (Lipinski definition) is 2. The van der Waals surface area contributed by atoms with Gasteiger partial charge in [-0.2, -0.15) is 0 Å². The van der Waals surface area contributed by atoms with E-state index >= 15 is 0 Å². The Labute approximate surface area is 155 Å². The van der Waals surface area contributed by atoms with Gasteiger partial charge in [-0.15, -0.1) is 0 Å². The second kappa shape index (κ2) is 6.29. The second-order valence-electron chi connectivity index (χ2n) is 6.65. The van der Waals surface area contributed by atoms with Crippen LogP contribution in [0.2, 0.25) is 5.02 Å². The minimum atomic E-state index is -0.587. The largest absolute Gasteiger partial charge is 0.362 e. The molecule has 0 aliphatic carbocycles. The first-order chi connectivity index (χ1) is 12.5. The Hall–Kier alpha value is -2.60. The number of rotatable bonds is 1. The van der Waals surface area contributed by atoms with Crippen molar-refractivity contribution < 1.29 is 14.0 Å². The van der Waals surface area contributed by atoms with Crippen molar-refractivity contribution in [3.05, 3.63) is 64.4 Å². The standard InChI is InChI=1S/C19H17ClFN3O2/c20-13-4-5-16-15(11-13)17(25)23-19(22-16)6-8-24(9-7-19)18(26)12-2-1-3-14(21)10-12/h1-5,10-11,22H,6-9H2,(H,23,25). The minimum Gasteiger partial charge on any atom is -0.362 e. The van der Waals surface area contributed by atoms with Crippen LogP contribution in [0.15, 0.2) is 42.5 Å². The normalized spacial score (nSPS) is 18.1. The summed E-state index contributed by atoms with van der Waals surface area (Å²) in [6, 6.07) is 10.9. The summed E-state index contributed by atoms with van der Waals surface area (Å²) in [5.74, 6) is -0.805. The van der Waals surface area contributed by atoms with Gasteiger partial charge >= 0.3 is 0 Å². The third kappa shape index (κ3) is 3.01. The molecule has 0 unspecified atom stereocenters. The van der Waals surface area contributed by atoms with E-state index in [0.717, 1.165) is 5.69 Å². The van der Waals surface area contributed by atoms with Crippen LogP contribution in [0.25, 0.3) is 0 Å². The van der Waals surface area contributed by atoms with Gasteiger partial charge in [-0.3, -0.25) is 9.59 Å². The number of nitrogens with zero attached hydrogens (tertiary/aromatic N) is 1. The van der Waals surface area contributed by atoms with E-state index in [2.05, 4.69) is 10.6 Å². The Morgan fingerprint density at radius 1 is 1.12 bits per heavy atom. The number of piperidine rings is 1. The smallest absolute Gasteiger partial charge is 0.255 e. The van der Waals surface area contributed by atoms with E-state index in [9.17, 15) is 14.0 Å². The molecule has 2 aliphatic rings. The van der Waals surface area contributed by atoms with Gasteiger partial charge in [-0.1, -0.05) is 17.7 Å². The SMILES string of the molecule is O=C1NC2(CCN(C(=O)c3cccc(F)c3)CC2)Nc2ccc(Cl)cc21. The highest BCUT2D eigenvalue weighted by atomic mass is 35.5. The average Bonchev–Trinajstić information content (AvgIpc) is 2.63. The molecule has 0 saturated carbocycles. The summed E-state index contributed by atoms with van der Waals surface area (Å²) >= 11 is 5.96. The highest BCUT2D eigenvalue weighted by molar-refractivity contribution is 6.31. The minimum absolute atomic E-state index is 0.175. The lowest BCUT2D eigenvalue weighted by Crippen LogP contribution is -2.62. The fraction of sp³-hybridized carbons (Fsp3) is 0.263. The second-order valence-corrected chi connectivity index (χ2v) is 7.09. The van der Waals surface area contributed by atoms with Gasteiger partial charge in [0.05, 0.1) is 5.56 Å². The van der Waals surface area contributed by atoms with Crippen molar-refractivity contribution in [2.45, 2.75) is 18.5 Å². The molecule has 2 heterocycles. The molecular formula is C19H17ClFN3O2. The third-order valence-electron chi connectivity index (χ3n) is 4.93. The molecule has 5 nitrogen and oxygen atoms in total. The highest BCUT2D eigenvalue weighted by Crippen LogP contribution is 2.33. The van der Waals surface area contributed by atoms with Crippen LogP contribution in [0.1, 0.15) is 33.6 Å². The zero-order chi connectivity index (χ0) is 18.3. The Balaban J connectivity index is 1.49. The molecule has 1 saturated heterocycles. The lowest BCUT2D eigenvalue weighted by Gasteiger charge is -2.45. The Kier molecular flexibility index (Phi) is 4.07. The third-order valence-corrected chi connectivity index (χ3v) is 5.16. The first kappa shape index (κ1) is 16.8. The van der Waals surface area contributed by atoms with Gasteiger partial charge in [-0.25, -0.2) is 4.39 Å². The van der Waals surface area contributed by atoms with E-state index in [1.165, 1.54) is 18.2 Å². The van der Waals surface area contributed by atoms with E-state index in [1.54, 1.807) is 29.2 Å². The number of carbonyl (C=O) groups is 2. The first-order valence-electron chi connectivity index (χ1n) is 8.41. The van der Waals surface area contributed by atoms with Gasteiger partial charge in [0.15, 0.2) is 0 Å². The van der Waals surface area contributed by atoms with E-state index < -0.39 is 11.5 Å². The summed E-state index contributed by atoms with van der Waals surface area (Å²) in [5, 5.41) is 6.91. The number of fused-ring (bicyclic) bond motifs is 1. The topological polar surface area (TPSA) is 61.4 Å². The van der Waals surface area contributed by atoms with Gasteiger partial charge in [-0.05, 0) is 36.4 Å². The Morgan fingerprint density at radius 2 is 1.88 bits per heavy atom. The zero-order valence-electron chi connectivity index (χ0n) is 13.9. The molecule has 2 aromatic carbocycles. The van der Waals surface area contributed by atoms with E-state index in [1.807, 2.05) is 0 Å². The van der Waals surface area contributed by atoms with Gasteiger partial charge < -0.3 is 15.5 Å². The van der Waals surface area contributed by atoms with Crippen LogP contribution in [-0.2, 0) is 0 Å². The van der Waals surface area contributed by atoms with Crippen LogP contribution in [0.4, 0.5) is 10.1 Å². The van der Waals surface area contributed by atoms with Gasteiger partial charge in [0, 0.05) is 42.2 Å². The summed E-state index contributed by atoms with van der Waals surface area (Å²) in [6.45, 7) is 0.928. The fourth-order valence-corrected chi connectivity index (χ4v) is 3.70. The monoisotopic (exact) mass is 373 g/mol. The summed E-state index contributed by atoms with van der Waals surface area (Å²) in [7, 11) is 0. The maximum Gasteiger partial charge on any atom is 0.255 e. The van der Waals surface area contributed by atoms with Crippen LogP contribution in [0.5, 0.6) is 0 Å². The zero-order valence-corrected chi connectivity index (χ0v) is 14.6. The predicted octanol–water partition coefficient (Wildman–Crippen LogP) is 3.27. The molecule has 1 spiro atoms. The average molecular weight is 374 g/mol. The number of benzene rings is 2. The van der Waals surface area contributed by atoms with Crippen molar-refractivity contribution in [1.29, 1.82) is 0 Å². The fourth-order valence-electron chi connectivity index (χ4n) is 3.53.